The molecular weight excluding hydrogens is 386 g/mol. The summed E-state index contributed by atoms with van der Waals surface area (Å²) in [5, 5.41) is 3.03. The van der Waals surface area contributed by atoms with Gasteiger partial charge in [-0.05, 0) is 61.7 Å². The highest BCUT2D eigenvalue weighted by Gasteiger charge is 2.27. The summed E-state index contributed by atoms with van der Waals surface area (Å²) in [6.07, 6.45) is 3.07. The van der Waals surface area contributed by atoms with Crippen molar-refractivity contribution >= 4 is 34.0 Å². The number of nitrogens with one attached hydrogen (secondary N) is 2. The molecule has 0 aromatic heterocycles. The monoisotopic (exact) mass is 409 g/mol. The van der Waals surface area contributed by atoms with Crippen LogP contribution in [0, 0.1) is 5.92 Å². The molecule has 2 aromatic carbocycles. The first-order chi connectivity index (χ1) is 12.5. The number of amides is 1. The molecule has 0 radical (unpaired) electrons. The Morgan fingerprint density at radius 1 is 1.04 bits per heavy atom. The lowest BCUT2D eigenvalue weighted by molar-refractivity contribution is 0.0929. The highest BCUT2D eigenvalue weighted by atomic mass is 35.5. The van der Waals surface area contributed by atoms with Crippen LogP contribution in [0.5, 0.6) is 0 Å². The maximum atomic E-state index is 12.4. The van der Waals surface area contributed by atoms with Crippen LogP contribution in [0.4, 0.5) is 5.69 Å². The topological polar surface area (TPSA) is 101 Å². The fraction of sp³-hybridized carbons (Fsp3) is 0.316. The molecule has 1 saturated carbocycles. The summed E-state index contributed by atoms with van der Waals surface area (Å²) < 4.78 is 27.1. The Bertz CT molecular complexity index is 858. The average molecular weight is 410 g/mol. The van der Waals surface area contributed by atoms with Crippen LogP contribution in [-0.2, 0) is 10.0 Å². The minimum absolute atomic E-state index is 0. The summed E-state index contributed by atoms with van der Waals surface area (Å²) >= 11 is 0. The highest BCUT2D eigenvalue weighted by molar-refractivity contribution is 7.92. The van der Waals surface area contributed by atoms with Crippen LogP contribution < -0.4 is 15.8 Å². The van der Waals surface area contributed by atoms with Gasteiger partial charge in [0.2, 0.25) is 0 Å². The van der Waals surface area contributed by atoms with Gasteiger partial charge in [0.05, 0.1) is 4.90 Å². The molecule has 4 N–H and O–H groups in total. The quantitative estimate of drug-likeness (QED) is 0.682. The van der Waals surface area contributed by atoms with Crippen molar-refractivity contribution in [3.8, 4) is 0 Å². The van der Waals surface area contributed by atoms with E-state index >= 15 is 0 Å². The molecule has 0 heterocycles. The Balaban J connectivity index is 0.00000261. The van der Waals surface area contributed by atoms with Gasteiger partial charge < -0.3 is 11.1 Å². The Labute approximate surface area is 166 Å². The molecule has 0 bridgehead atoms. The molecule has 2 unspecified atom stereocenters. The van der Waals surface area contributed by atoms with Crippen molar-refractivity contribution in [2.24, 2.45) is 11.7 Å². The first kappa shape index (κ1) is 21.2. The van der Waals surface area contributed by atoms with Crippen molar-refractivity contribution in [2.75, 3.05) is 11.3 Å². The van der Waals surface area contributed by atoms with Gasteiger partial charge in [-0.1, -0.05) is 24.6 Å². The number of nitrogens with two attached hydrogens (primary N) is 1. The summed E-state index contributed by atoms with van der Waals surface area (Å²) in [5.41, 5.74) is 6.65. The molecule has 2 aromatic rings. The lowest BCUT2D eigenvalue weighted by Crippen LogP contribution is -2.39. The zero-order chi connectivity index (χ0) is 18.6. The number of benzene rings is 2. The summed E-state index contributed by atoms with van der Waals surface area (Å²) in [4.78, 5) is 12.6. The third-order valence-corrected chi connectivity index (χ3v) is 6.13. The molecule has 0 saturated heterocycles. The second kappa shape index (κ2) is 9.21. The van der Waals surface area contributed by atoms with E-state index in [2.05, 4.69) is 10.0 Å². The Hall–Kier alpha value is -2.09. The molecule has 8 heteroatoms. The minimum Gasteiger partial charge on any atom is -0.349 e. The van der Waals surface area contributed by atoms with Gasteiger partial charge in [-0.15, -0.1) is 12.4 Å². The molecule has 1 fully saturated rings. The van der Waals surface area contributed by atoms with E-state index in [1.807, 2.05) is 0 Å². The third-order valence-electron chi connectivity index (χ3n) is 4.73. The van der Waals surface area contributed by atoms with Crippen LogP contribution in [0.2, 0.25) is 0 Å². The Kier molecular flexibility index (Phi) is 7.24. The minimum atomic E-state index is -3.64. The van der Waals surface area contributed by atoms with Crippen LogP contribution in [0.3, 0.4) is 0 Å². The van der Waals surface area contributed by atoms with Crippen LogP contribution in [0.1, 0.15) is 29.6 Å². The number of carbonyl (C=O) groups is 1. The molecule has 0 spiro atoms. The second-order valence-electron chi connectivity index (χ2n) is 6.50. The van der Waals surface area contributed by atoms with E-state index in [1.54, 1.807) is 42.5 Å². The number of carbonyl (C=O) groups excluding carboxylic acids is 1. The average Bonchev–Trinajstić information content (AvgIpc) is 3.10. The lowest BCUT2D eigenvalue weighted by atomic mass is 10.0. The molecule has 1 amide bonds. The van der Waals surface area contributed by atoms with E-state index in [0.29, 0.717) is 23.7 Å². The smallest absolute Gasteiger partial charge is 0.261 e. The maximum absolute atomic E-state index is 12.4. The molecule has 1 aliphatic carbocycles. The SMILES string of the molecule is Cl.NCC1CCCC1NC(=O)c1ccc(NS(=O)(=O)c2ccccc2)cc1. The zero-order valence-electron chi connectivity index (χ0n) is 14.8. The Morgan fingerprint density at radius 3 is 2.33 bits per heavy atom. The van der Waals surface area contributed by atoms with Gasteiger partial charge in [0.15, 0.2) is 0 Å². The summed E-state index contributed by atoms with van der Waals surface area (Å²) in [7, 11) is -3.64. The molecule has 6 nitrogen and oxygen atoms in total. The third kappa shape index (κ3) is 5.22. The van der Waals surface area contributed by atoms with Gasteiger partial charge >= 0.3 is 0 Å². The fourth-order valence-corrected chi connectivity index (χ4v) is 4.34. The van der Waals surface area contributed by atoms with Gasteiger partial charge in [0.25, 0.3) is 15.9 Å². The van der Waals surface area contributed by atoms with E-state index in [1.165, 1.54) is 12.1 Å². The number of anilines is 1. The van der Waals surface area contributed by atoms with E-state index in [-0.39, 0.29) is 29.3 Å². The van der Waals surface area contributed by atoms with Crippen LogP contribution in [0.15, 0.2) is 59.5 Å². The van der Waals surface area contributed by atoms with Crippen LogP contribution >= 0.6 is 12.4 Å². The van der Waals surface area contributed by atoms with E-state index in [9.17, 15) is 13.2 Å². The van der Waals surface area contributed by atoms with Gasteiger partial charge in [-0.2, -0.15) is 0 Å². The zero-order valence-corrected chi connectivity index (χ0v) is 16.4. The van der Waals surface area contributed by atoms with Gasteiger partial charge in [-0.3, -0.25) is 9.52 Å². The largest absolute Gasteiger partial charge is 0.349 e. The van der Waals surface area contributed by atoms with E-state index in [4.69, 9.17) is 5.73 Å². The van der Waals surface area contributed by atoms with Crippen molar-refractivity contribution in [2.45, 2.75) is 30.2 Å². The van der Waals surface area contributed by atoms with Crippen LogP contribution in [0.25, 0.3) is 0 Å². The first-order valence-corrected chi connectivity index (χ1v) is 10.2. The number of rotatable bonds is 6. The molecule has 3 rings (SSSR count). The summed E-state index contributed by atoms with van der Waals surface area (Å²) in [6.45, 7) is 0.575. The Morgan fingerprint density at radius 2 is 1.70 bits per heavy atom. The molecular formula is C19H24ClN3O3S. The predicted octanol–water partition coefficient (Wildman–Crippen LogP) is 2.77. The number of sulfonamides is 1. The number of halogens is 1. The number of hydrogen-bond donors (Lipinski definition) is 3. The van der Waals surface area contributed by atoms with Crippen molar-refractivity contribution in [3.05, 3.63) is 60.2 Å². The molecule has 146 valence electrons. The highest BCUT2D eigenvalue weighted by Crippen LogP contribution is 2.25. The lowest BCUT2D eigenvalue weighted by Gasteiger charge is -2.19. The predicted molar refractivity (Wildman–Crippen MR) is 109 cm³/mol. The summed E-state index contributed by atoms with van der Waals surface area (Å²) in [5.74, 6) is 0.170. The first-order valence-electron chi connectivity index (χ1n) is 8.68. The molecule has 1 aliphatic rings. The van der Waals surface area contributed by atoms with Gasteiger partial charge in [-0.25, -0.2) is 8.42 Å². The van der Waals surface area contributed by atoms with Crippen molar-refractivity contribution < 1.29 is 13.2 Å². The molecule has 2 atom stereocenters. The van der Waals surface area contributed by atoms with Crippen molar-refractivity contribution in [1.82, 2.24) is 5.32 Å². The van der Waals surface area contributed by atoms with Gasteiger partial charge in [0.1, 0.15) is 0 Å². The van der Waals surface area contributed by atoms with Gasteiger partial charge in [0, 0.05) is 17.3 Å². The maximum Gasteiger partial charge on any atom is 0.261 e. The molecule has 27 heavy (non-hydrogen) atoms. The summed E-state index contributed by atoms with van der Waals surface area (Å²) in [6, 6.07) is 14.7. The van der Waals surface area contributed by atoms with E-state index < -0.39 is 10.0 Å². The van der Waals surface area contributed by atoms with Crippen LogP contribution in [-0.4, -0.2) is 26.9 Å². The van der Waals surface area contributed by atoms with Crippen molar-refractivity contribution in [3.63, 3.8) is 0 Å². The second-order valence-corrected chi connectivity index (χ2v) is 8.18. The molecule has 0 aliphatic heterocycles. The van der Waals surface area contributed by atoms with E-state index in [0.717, 1.165) is 19.3 Å². The normalized spacial score (nSPS) is 19.1. The standard InChI is InChI=1S/C19H23N3O3S.ClH/c20-13-15-5-4-8-18(15)21-19(23)14-9-11-16(12-10-14)22-26(24,25)17-6-2-1-3-7-17;/h1-3,6-7,9-12,15,18,22H,4-5,8,13,20H2,(H,21,23);1H. The fourth-order valence-electron chi connectivity index (χ4n) is 3.26. The number of hydrogen-bond acceptors (Lipinski definition) is 4. The van der Waals surface area contributed by atoms with Crippen molar-refractivity contribution in [1.29, 1.82) is 0 Å².